The topological polar surface area (TPSA) is 28.5 Å². The zero-order chi connectivity index (χ0) is 19.5. The molecular weight excluding hydrogens is 365 g/mol. The number of nitrogens with zero attached hydrogens (tertiary/aromatic N) is 3. The second kappa shape index (κ2) is 6.42. The Bertz CT molecular complexity index is 1100. The van der Waals surface area contributed by atoms with Crippen LogP contribution in [-0.4, -0.2) is 52.5 Å². The standard InChI is InChI=1S/C24H24FN3O/c25-18-4-6-19(7-5-18)28-14-17-10-13-27(22-15-26-11-8-16(22)9-12-26)24(29)20-2-1-3-21(28)23(17)20/h1-7,14,16,22H,8-13,15H2. The highest BCUT2D eigenvalue weighted by molar-refractivity contribution is 6.09. The van der Waals surface area contributed by atoms with Crippen LogP contribution < -0.4 is 0 Å². The van der Waals surface area contributed by atoms with Crippen LogP contribution >= 0.6 is 0 Å². The first-order chi connectivity index (χ1) is 14.2. The summed E-state index contributed by atoms with van der Waals surface area (Å²) in [6.45, 7) is 4.15. The third-order valence-corrected chi connectivity index (χ3v) is 7.15. The van der Waals surface area contributed by atoms with Gasteiger partial charge >= 0.3 is 0 Å². The van der Waals surface area contributed by atoms with E-state index < -0.39 is 0 Å². The molecule has 3 fully saturated rings. The Morgan fingerprint density at radius 3 is 2.48 bits per heavy atom. The van der Waals surface area contributed by atoms with E-state index in [1.54, 1.807) is 12.1 Å². The normalized spacial score (nSPS) is 26.2. The number of amides is 1. The molecule has 148 valence electrons. The van der Waals surface area contributed by atoms with Gasteiger partial charge in [-0.15, -0.1) is 0 Å². The van der Waals surface area contributed by atoms with Gasteiger partial charge in [-0.1, -0.05) is 6.07 Å². The van der Waals surface area contributed by atoms with Crippen LogP contribution in [0, 0.1) is 11.7 Å². The summed E-state index contributed by atoms with van der Waals surface area (Å²) in [5.41, 5.74) is 3.96. The smallest absolute Gasteiger partial charge is 0.254 e. The third-order valence-electron chi connectivity index (χ3n) is 7.15. The SMILES string of the molecule is O=C1c2cccc3c2c(cn3-c2ccc(F)cc2)CCN1C1CN2CCC1CC2. The number of hydrogen-bond acceptors (Lipinski definition) is 2. The van der Waals surface area contributed by atoms with Crippen molar-refractivity contribution in [3.05, 3.63) is 65.6 Å². The fourth-order valence-electron chi connectivity index (χ4n) is 5.65. The van der Waals surface area contributed by atoms with Crippen LogP contribution in [0.4, 0.5) is 4.39 Å². The molecule has 1 unspecified atom stereocenters. The minimum absolute atomic E-state index is 0.171. The molecule has 4 aliphatic rings. The first kappa shape index (κ1) is 17.2. The van der Waals surface area contributed by atoms with E-state index in [1.807, 2.05) is 12.1 Å². The van der Waals surface area contributed by atoms with Gasteiger partial charge < -0.3 is 14.4 Å². The van der Waals surface area contributed by atoms with Crippen molar-refractivity contribution in [1.82, 2.24) is 14.4 Å². The molecule has 2 bridgehead atoms. The molecule has 0 spiro atoms. The number of carbonyl (C=O) groups is 1. The van der Waals surface area contributed by atoms with Gasteiger partial charge in [-0.05, 0) is 80.2 Å². The molecule has 4 nitrogen and oxygen atoms in total. The van der Waals surface area contributed by atoms with Gasteiger partial charge in [-0.25, -0.2) is 4.39 Å². The van der Waals surface area contributed by atoms with E-state index in [4.69, 9.17) is 0 Å². The van der Waals surface area contributed by atoms with E-state index in [0.717, 1.165) is 41.7 Å². The Morgan fingerprint density at radius 1 is 0.966 bits per heavy atom. The molecule has 0 saturated carbocycles. The van der Waals surface area contributed by atoms with Crippen molar-refractivity contribution >= 4 is 16.8 Å². The third kappa shape index (κ3) is 2.64. The molecule has 3 aromatic rings. The number of rotatable bonds is 2. The van der Waals surface area contributed by atoms with Crippen LogP contribution in [0.1, 0.15) is 28.8 Å². The molecular formula is C24H24FN3O. The van der Waals surface area contributed by atoms with E-state index in [-0.39, 0.29) is 11.7 Å². The molecule has 7 rings (SSSR count). The number of aromatic nitrogens is 1. The molecule has 1 amide bonds. The minimum atomic E-state index is -0.240. The monoisotopic (exact) mass is 389 g/mol. The highest BCUT2D eigenvalue weighted by Gasteiger charge is 2.40. The zero-order valence-corrected chi connectivity index (χ0v) is 16.4. The maximum absolute atomic E-state index is 13.6. The molecule has 2 aromatic carbocycles. The number of piperidine rings is 3. The molecule has 5 heteroatoms. The Kier molecular flexibility index (Phi) is 3.81. The molecule has 4 aliphatic heterocycles. The molecule has 3 saturated heterocycles. The fourth-order valence-corrected chi connectivity index (χ4v) is 5.65. The summed E-state index contributed by atoms with van der Waals surface area (Å²) in [7, 11) is 0. The molecule has 1 atom stereocenters. The first-order valence-corrected chi connectivity index (χ1v) is 10.6. The van der Waals surface area contributed by atoms with Crippen molar-refractivity contribution in [2.45, 2.75) is 25.3 Å². The second-order valence-electron chi connectivity index (χ2n) is 8.65. The number of benzene rings is 2. The summed E-state index contributed by atoms with van der Waals surface area (Å²) in [6, 6.07) is 12.9. The quantitative estimate of drug-likeness (QED) is 0.666. The van der Waals surface area contributed by atoms with Crippen LogP contribution in [-0.2, 0) is 6.42 Å². The molecule has 0 N–H and O–H groups in total. The summed E-state index contributed by atoms with van der Waals surface area (Å²) in [4.78, 5) is 18.3. The number of halogens is 1. The van der Waals surface area contributed by atoms with Gasteiger partial charge in [0.25, 0.3) is 5.91 Å². The Balaban J connectivity index is 1.43. The second-order valence-corrected chi connectivity index (χ2v) is 8.65. The average Bonchev–Trinajstić information content (AvgIpc) is 3.07. The Labute approximate surface area is 169 Å². The lowest BCUT2D eigenvalue weighted by molar-refractivity contribution is 0.00826. The number of carbonyl (C=O) groups excluding carboxylic acids is 1. The van der Waals surface area contributed by atoms with Crippen molar-refractivity contribution in [1.29, 1.82) is 0 Å². The molecule has 0 radical (unpaired) electrons. The molecule has 5 heterocycles. The van der Waals surface area contributed by atoms with Gasteiger partial charge in [-0.2, -0.15) is 0 Å². The summed E-state index contributed by atoms with van der Waals surface area (Å²) in [5, 5.41) is 1.06. The zero-order valence-electron chi connectivity index (χ0n) is 16.4. The van der Waals surface area contributed by atoms with Crippen molar-refractivity contribution in [2.75, 3.05) is 26.2 Å². The van der Waals surface area contributed by atoms with Gasteiger partial charge in [0, 0.05) is 42.0 Å². The van der Waals surface area contributed by atoms with Crippen LogP contribution in [0.3, 0.4) is 0 Å². The lowest BCUT2D eigenvalue weighted by Gasteiger charge is -2.49. The summed E-state index contributed by atoms with van der Waals surface area (Å²) < 4.78 is 15.5. The predicted molar refractivity (Wildman–Crippen MR) is 111 cm³/mol. The van der Waals surface area contributed by atoms with Crippen LogP contribution in [0.25, 0.3) is 16.6 Å². The predicted octanol–water partition coefficient (Wildman–Crippen LogP) is 3.86. The van der Waals surface area contributed by atoms with E-state index >= 15 is 0 Å². The van der Waals surface area contributed by atoms with Gasteiger partial charge in [-0.3, -0.25) is 4.79 Å². The molecule has 1 aromatic heterocycles. The maximum Gasteiger partial charge on any atom is 0.254 e. The highest BCUT2D eigenvalue weighted by atomic mass is 19.1. The van der Waals surface area contributed by atoms with Gasteiger partial charge in [0.2, 0.25) is 0 Å². The van der Waals surface area contributed by atoms with Gasteiger partial charge in [0.05, 0.1) is 5.52 Å². The highest BCUT2D eigenvalue weighted by Crippen LogP contribution is 2.36. The Morgan fingerprint density at radius 2 is 1.76 bits per heavy atom. The number of hydrogen-bond donors (Lipinski definition) is 0. The Hall–Kier alpha value is -2.66. The lowest BCUT2D eigenvalue weighted by atomic mass is 9.83. The van der Waals surface area contributed by atoms with E-state index in [9.17, 15) is 9.18 Å². The largest absolute Gasteiger partial charge is 0.334 e. The van der Waals surface area contributed by atoms with E-state index in [2.05, 4.69) is 26.6 Å². The summed E-state index contributed by atoms with van der Waals surface area (Å²) >= 11 is 0. The van der Waals surface area contributed by atoms with Crippen molar-refractivity contribution in [2.24, 2.45) is 5.92 Å². The van der Waals surface area contributed by atoms with E-state index in [1.165, 1.54) is 43.6 Å². The molecule has 0 aliphatic carbocycles. The summed E-state index contributed by atoms with van der Waals surface area (Å²) in [5.74, 6) is 0.570. The van der Waals surface area contributed by atoms with Crippen LogP contribution in [0.15, 0.2) is 48.7 Å². The van der Waals surface area contributed by atoms with E-state index in [0.29, 0.717) is 12.0 Å². The summed E-state index contributed by atoms with van der Waals surface area (Å²) in [6.07, 6.45) is 5.41. The average molecular weight is 389 g/mol. The van der Waals surface area contributed by atoms with Crippen LogP contribution in [0.2, 0.25) is 0 Å². The van der Waals surface area contributed by atoms with Gasteiger partial charge in [0.1, 0.15) is 5.82 Å². The minimum Gasteiger partial charge on any atom is -0.334 e. The van der Waals surface area contributed by atoms with Crippen molar-refractivity contribution in [3.8, 4) is 5.69 Å². The van der Waals surface area contributed by atoms with Crippen molar-refractivity contribution in [3.63, 3.8) is 0 Å². The van der Waals surface area contributed by atoms with Crippen LogP contribution in [0.5, 0.6) is 0 Å². The molecule has 29 heavy (non-hydrogen) atoms. The lowest BCUT2D eigenvalue weighted by Crippen LogP contribution is -2.58. The van der Waals surface area contributed by atoms with Crippen molar-refractivity contribution < 1.29 is 9.18 Å². The van der Waals surface area contributed by atoms with Gasteiger partial charge in [0.15, 0.2) is 0 Å². The first-order valence-electron chi connectivity index (χ1n) is 10.6. The maximum atomic E-state index is 13.6. The fraction of sp³-hybridized carbons (Fsp3) is 0.375. The number of fused-ring (bicyclic) bond motifs is 3.